The quantitative estimate of drug-likeness (QED) is 0.613. The molecule has 1 aromatic heterocycles. The minimum atomic E-state index is -3.81. The number of aromatic nitrogens is 1. The lowest BCUT2D eigenvalue weighted by molar-refractivity contribution is -0.119. The highest BCUT2D eigenvalue weighted by atomic mass is 35.5. The molecule has 1 atom stereocenters. The van der Waals surface area contributed by atoms with E-state index >= 15 is 0 Å². The first kappa shape index (κ1) is 21.0. The largest absolute Gasteiger partial charge is 0.494 e. The smallest absolute Gasteiger partial charge is 0.244 e. The van der Waals surface area contributed by atoms with Gasteiger partial charge in [-0.3, -0.25) is 4.79 Å². The van der Waals surface area contributed by atoms with E-state index in [1.807, 2.05) is 19.1 Å². The summed E-state index contributed by atoms with van der Waals surface area (Å²) >= 11 is 7.21. The number of ether oxygens (including phenoxy) is 1. The molecular weight excluding hydrogens is 446 g/mol. The number of amides is 1. The van der Waals surface area contributed by atoms with Crippen LogP contribution in [0, 0.1) is 6.92 Å². The van der Waals surface area contributed by atoms with Crippen LogP contribution in [0.3, 0.4) is 0 Å². The van der Waals surface area contributed by atoms with Crippen molar-refractivity contribution < 1.29 is 17.9 Å². The van der Waals surface area contributed by atoms with Crippen molar-refractivity contribution in [3.63, 3.8) is 0 Å². The fourth-order valence-electron chi connectivity index (χ4n) is 3.55. The first-order chi connectivity index (χ1) is 14.3. The second-order valence-corrected chi connectivity index (χ2v) is 10.3. The molecule has 1 fully saturated rings. The van der Waals surface area contributed by atoms with E-state index in [2.05, 4.69) is 10.3 Å². The number of sulfonamides is 1. The van der Waals surface area contributed by atoms with Gasteiger partial charge in [-0.1, -0.05) is 29.0 Å². The maximum Gasteiger partial charge on any atom is 0.244 e. The van der Waals surface area contributed by atoms with E-state index in [9.17, 15) is 13.2 Å². The summed E-state index contributed by atoms with van der Waals surface area (Å²) in [5, 5.41) is 3.67. The number of rotatable bonds is 5. The lowest BCUT2D eigenvalue weighted by Crippen LogP contribution is -2.43. The van der Waals surface area contributed by atoms with E-state index in [1.54, 1.807) is 7.11 Å². The van der Waals surface area contributed by atoms with E-state index in [0.717, 1.165) is 10.3 Å². The van der Waals surface area contributed by atoms with Crippen LogP contribution in [0.1, 0.15) is 18.4 Å². The Bertz CT molecular complexity index is 1210. The first-order valence-corrected chi connectivity index (χ1v) is 12.0. The number of carbonyl (C=O) groups is 1. The Morgan fingerprint density at radius 2 is 2.00 bits per heavy atom. The monoisotopic (exact) mass is 465 g/mol. The van der Waals surface area contributed by atoms with E-state index in [4.69, 9.17) is 16.3 Å². The number of methoxy groups -OCH3 is 1. The minimum absolute atomic E-state index is 0.118. The van der Waals surface area contributed by atoms with Crippen molar-refractivity contribution in [2.45, 2.75) is 30.7 Å². The van der Waals surface area contributed by atoms with Crippen LogP contribution in [0.15, 0.2) is 41.3 Å². The summed E-state index contributed by atoms with van der Waals surface area (Å²) in [4.78, 5) is 17.6. The molecular formula is C20H20ClN3O4S2. The van der Waals surface area contributed by atoms with Crippen LogP contribution in [0.25, 0.3) is 10.2 Å². The van der Waals surface area contributed by atoms with Gasteiger partial charge in [-0.15, -0.1) is 0 Å². The lowest BCUT2D eigenvalue weighted by Gasteiger charge is -2.23. The summed E-state index contributed by atoms with van der Waals surface area (Å²) in [7, 11) is -2.24. The van der Waals surface area contributed by atoms with Gasteiger partial charge in [-0.05, 0) is 55.7 Å². The molecule has 1 aliphatic heterocycles. The zero-order chi connectivity index (χ0) is 21.5. The molecule has 3 aromatic rings. The lowest BCUT2D eigenvalue weighted by atomic mass is 10.2. The summed E-state index contributed by atoms with van der Waals surface area (Å²) in [5.74, 6) is 0.237. The second-order valence-electron chi connectivity index (χ2n) is 7.00. The van der Waals surface area contributed by atoms with Crippen molar-refractivity contribution in [1.82, 2.24) is 9.29 Å². The van der Waals surface area contributed by atoms with Gasteiger partial charge < -0.3 is 10.1 Å². The Balaban J connectivity index is 1.59. The zero-order valence-corrected chi connectivity index (χ0v) is 18.8. The highest BCUT2D eigenvalue weighted by Gasteiger charge is 2.39. The predicted octanol–water partition coefficient (Wildman–Crippen LogP) is 4.06. The Kier molecular flexibility index (Phi) is 5.71. The number of nitrogens with zero attached hydrogens (tertiary/aromatic N) is 2. The van der Waals surface area contributed by atoms with E-state index < -0.39 is 16.1 Å². The summed E-state index contributed by atoms with van der Waals surface area (Å²) in [6.45, 7) is 2.25. The minimum Gasteiger partial charge on any atom is -0.494 e. The van der Waals surface area contributed by atoms with Crippen molar-refractivity contribution in [2.24, 2.45) is 0 Å². The number of halogens is 1. The molecule has 0 saturated carbocycles. The normalized spacial score (nSPS) is 17.4. The van der Waals surface area contributed by atoms with Crippen molar-refractivity contribution in [3.05, 3.63) is 47.0 Å². The molecule has 1 unspecified atom stereocenters. The van der Waals surface area contributed by atoms with Gasteiger partial charge in [0.15, 0.2) is 5.13 Å². The molecule has 0 radical (unpaired) electrons. The Labute approximate surface area is 183 Å². The summed E-state index contributed by atoms with van der Waals surface area (Å²) in [6, 6.07) is 8.93. The van der Waals surface area contributed by atoms with E-state index in [-0.39, 0.29) is 17.3 Å². The van der Waals surface area contributed by atoms with E-state index in [0.29, 0.717) is 34.3 Å². The van der Waals surface area contributed by atoms with Gasteiger partial charge in [0.2, 0.25) is 15.9 Å². The van der Waals surface area contributed by atoms with Gasteiger partial charge in [0, 0.05) is 11.6 Å². The molecule has 2 aromatic carbocycles. The van der Waals surface area contributed by atoms with Crippen molar-refractivity contribution in [3.8, 4) is 5.75 Å². The maximum atomic E-state index is 13.1. The zero-order valence-electron chi connectivity index (χ0n) is 16.4. The second kappa shape index (κ2) is 8.14. The number of hydrogen-bond donors (Lipinski definition) is 1. The molecule has 158 valence electrons. The number of thiazole rings is 1. The third-order valence-electron chi connectivity index (χ3n) is 5.08. The topological polar surface area (TPSA) is 88.6 Å². The van der Waals surface area contributed by atoms with Gasteiger partial charge in [0.05, 0.1) is 16.7 Å². The first-order valence-electron chi connectivity index (χ1n) is 9.33. The van der Waals surface area contributed by atoms with Crippen molar-refractivity contribution in [1.29, 1.82) is 0 Å². The van der Waals surface area contributed by atoms with Gasteiger partial charge in [-0.25, -0.2) is 13.4 Å². The van der Waals surface area contributed by atoms with Crippen LogP contribution in [0.2, 0.25) is 5.02 Å². The molecule has 7 nitrogen and oxygen atoms in total. The van der Waals surface area contributed by atoms with Gasteiger partial charge in [-0.2, -0.15) is 4.31 Å². The van der Waals surface area contributed by atoms with Crippen LogP contribution in [-0.4, -0.2) is 43.3 Å². The van der Waals surface area contributed by atoms with Crippen LogP contribution < -0.4 is 10.1 Å². The number of hydrogen-bond acceptors (Lipinski definition) is 6. The summed E-state index contributed by atoms with van der Waals surface area (Å²) in [6.07, 6.45) is 1.06. The van der Waals surface area contributed by atoms with Crippen LogP contribution >= 0.6 is 22.9 Å². The molecule has 1 amide bonds. The fourth-order valence-corrected chi connectivity index (χ4v) is 6.28. The fraction of sp³-hybridized carbons (Fsp3) is 0.300. The Morgan fingerprint density at radius 1 is 1.27 bits per heavy atom. The highest BCUT2D eigenvalue weighted by Crippen LogP contribution is 2.35. The number of nitrogens with one attached hydrogen (secondary N) is 1. The van der Waals surface area contributed by atoms with Crippen molar-refractivity contribution in [2.75, 3.05) is 19.0 Å². The number of carbonyl (C=O) groups excluding carboxylic acids is 1. The molecule has 0 spiro atoms. The van der Waals surface area contributed by atoms with E-state index in [1.165, 1.54) is 39.9 Å². The molecule has 0 aliphatic carbocycles. The number of benzene rings is 2. The molecule has 10 heteroatoms. The molecule has 0 bridgehead atoms. The molecule has 1 N–H and O–H groups in total. The molecule has 1 aliphatic rings. The maximum absolute atomic E-state index is 13.1. The SMILES string of the molecule is COc1ccc(C)c2sc(NC(=O)C3CCCN3S(=O)(=O)c3ccc(Cl)cc3)nc12. The Morgan fingerprint density at radius 3 is 2.70 bits per heavy atom. The van der Waals surface area contributed by atoms with Gasteiger partial charge in [0.1, 0.15) is 17.3 Å². The summed E-state index contributed by atoms with van der Waals surface area (Å²) in [5.41, 5.74) is 1.70. The third kappa shape index (κ3) is 3.78. The highest BCUT2D eigenvalue weighted by molar-refractivity contribution is 7.89. The average Bonchev–Trinajstić information content (AvgIpc) is 3.37. The molecule has 1 saturated heterocycles. The Hall–Kier alpha value is -2.20. The average molecular weight is 466 g/mol. The number of fused-ring (bicyclic) bond motifs is 1. The van der Waals surface area contributed by atoms with Crippen molar-refractivity contribution >= 4 is 54.2 Å². The summed E-state index contributed by atoms with van der Waals surface area (Å²) < 4.78 is 33.6. The third-order valence-corrected chi connectivity index (χ3v) is 8.36. The van der Waals surface area contributed by atoms with Gasteiger partial charge >= 0.3 is 0 Å². The predicted molar refractivity (Wildman–Crippen MR) is 118 cm³/mol. The van der Waals surface area contributed by atoms with Crippen LogP contribution in [0.5, 0.6) is 5.75 Å². The molecule has 4 rings (SSSR count). The van der Waals surface area contributed by atoms with Crippen LogP contribution in [-0.2, 0) is 14.8 Å². The number of anilines is 1. The molecule has 2 heterocycles. The number of aryl methyl sites for hydroxylation is 1. The van der Waals surface area contributed by atoms with Gasteiger partial charge in [0.25, 0.3) is 0 Å². The molecule has 30 heavy (non-hydrogen) atoms. The van der Waals surface area contributed by atoms with Crippen LogP contribution in [0.4, 0.5) is 5.13 Å². The standard InChI is InChI=1S/C20H20ClN3O4S2/c1-12-5-10-16(28-2)17-18(12)29-20(22-17)23-19(25)15-4-3-11-24(15)30(26,27)14-8-6-13(21)7-9-14/h5-10,15H,3-4,11H2,1-2H3,(H,22,23,25).